The third-order valence-electron chi connectivity index (χ3n) is 3.25. The molecule has 0 saturated heterocycles. The lowest BCUT2D eigenvalue weighted by molar-refractivity contribution is 0.112. The van der Waals surface area contributed by atoms with E-state index in [4.69, 9.17) is 0 Å². The summed E-state index contributed by atoms with van der Waals surface area (Å²) < 4.78 is 0. The van der Waals surface area contributed by atoms with Gasteiger partial charge in [0, 0.05) is 5.39 Å². The van der Waals surface area contributed by atoms with Gasteiger partial charge in [0.15, 0.2) is 6.29 Å². The summed E-state index contributed by atoms with van der Waals surface area (Å²) in [7, 11) is 0. The number of aldehydes is 1. The Bertz CT molecular complexity index is 837. The molecule has 1 aromatic heterocycles. The molecule has 0 aliphatic rings. The predicted octanol–water partition coefficient (Wildman–Crippen LogP) is 3.92. The van der Waals surface area contributed by atoms with E-state index < -0.39 is 0 Å². The van der Waals surface area contributed by atoms with E-state index >= 15 is 0 Å². The smallest absolute Gasteiger partial charge is 0.153 e. The third-order valence-corrected chi connectivity index (χ3v) is 3.25. The quantitative estimate of drug-likeness (QED) is 0.737. The lowest BCUT2D eigenvalue weighted by Crippen LogP contribution is -1.84. The SMILES string of the molecule is O=Cc1cc(/C=C/c2ccc3ccccc3n2)ccc1O. The van der Waals surface area contributed by atoms with Gasteiger partial charge in [0.2, 0.25) is 0 Å². The number of carbonyl (C=O) groups excluding carboxylic acids is 1. The van der Waals surface area contributed by atoms with E-state index in [0.717, 1.165) is 22.2 Å². The zero-order chi connectivity index (χ0) is 14.7. The molecule has 1 N–H and O–H groups in total. The Morgan fingerprint density at radius 1 is 0.952 bits per heavy atom. The fraction of sp³-hybridized carbons (Fsp3) is 0. The van der Waals surface area contributed by atoms with Crippen LogP contribution in [-0.2, 0) is 0 Å². The molecule has 3 rings (SSSR count). The summed E-state index contributed by atoms with van der Waals surface area (Å²) in [6, 6.07) is 16.8. The molecule has 3 aromatic rings. The van der Waals surface area contributed by atoms with Crippen molar-refractivity contribution >= 4 is 29.3 Å². The number of phenols is 1. The van der Waals surface area contributed by atoms with Crippen molar-refractivity contribution in [1.82, 2.24) is 4.98 Å². The molecule has 102 valence electrons. The summed E-state index contributed by atoms with van der Waals surface area (Å²) >= 11 is 0. The van der Waals surface area contributed by atoms with Crippen LogP contribution in [0.1, 0.15) is 21.6 Å². The normalized spacial score (nSPS) is 11.0. The maximum Gasteiger partial charge on any atom is 0.153 e. The maximum absolute atomic E-state index is 10.8. The van der Waals surface area contributed by atoms with Crippen molar-refractivity contribution in [3.8, 4) is 5.75 Å². The molecule has 0 amide bonds. The van der Waals surface area contributed by atoms with E-state index in [1.807, 2.05) is 48.6 Å². The standard InChI is InChI=1S/C18H13NO2/c20-12-15-11-13(6-10-18(15)21)5-8-16-9-7-14-3-1-2-4-17(14)19-16/h1-12,21H/b8-5+. The largest absolute Gasteiger partial charge is 0.507 e. The Morgan fingerprint density at radius 2 is 1.81 bits per heavy atom. The first kappa shape index (κ1) is 13.1. The molecule has 3 heteroatoms. The van der Waals surface area contributed by atoms with Crippen molar-refractivity contribution in [1.29, 1.82) is 0 Å². The Kier molecular flexibility index (Phi) is 3.48. The molecule has 1 heterocycles. The van der Waals surface area contributed by atoms with Crippen LogP contribution in [-0.4, -0.2) is 16.4 Å². The van der Waals surface area contributed by atoms with Crippen LogP contribution < -0.4 is 0 Å². The number of nitrogens with zero attached hydrogens (tertiary/aromatic N) is 1. The number of hydrogen-bond donors (Lipinski definition) is 1. The lowest BCUT2D eigenvalue weighted by Gasteiger charge is -2.00. The minimum absolute atomic E-state index is 0.00835. The highest BCUT2D eigenvalue weighted by atomic mass is 16.3. The molecular formula is C18H13NO2. The van der Waals surface area contributed by atoms with Gasteiger partial charge in [-0.3, -0.25) is 4.79 Å². The van der Waals surface area contributed by atoms with Crippen molar-refractivity contribution in [3.63, 3.8) is 0 Å². The number of pyridine rings is 1. The van der Waals surface area contributed by atoms with Gasteiger partial charge >= 0.3 is 0 Å². The number of hydrogen-bond acceptors (Lipinski definition) is 3. The van der Waals surface area contributed by atoms with Gasteiger partial charge < -0.3 is 5.11 Å². The van der Waals surface area contributed by atoms with Crippen molar-refractivity contribution < 1.29 is 9.90 Å². The first-order valence-electron chi connectivity index (χ1n) is 6.58. The predicted molar refractivity (Wildman–Crippen MR) is 84.2 cm³/mol. The monoisotopic (exact) mass is 275 g/mol. The van der Waals surface area contributed by atoms with E-state index in [1.165, 1.54) is 6.07 Å². The Labute approximate surface area is 122 Å². The van der Waals surface area contributed by atoms with E-state index in [2.05, 4.69) is 4.98 Å². The molecule has 0 fully saturated rings. The number of aromatic hydroxyl groups is 1. The summed E-state index contributed by atoms with van der Waals surface area (Å²) in [5.74, 6) is -0.00835. The summed E-state index contributed by atoms with van der Waals surface area (Å²) in [6.07, 6.45) is 4.39. The minimum atomic E-state index is -0.00835. The molecule has 0 saturated carbocycles. The van der Waals surface area contributed by atoms with Crippen LogP contribution in [0.2, 0.25) is 0 Å². The molecule has 3 nitrogen and oxygen atoms in total. The van der Waals surface area contributed by atoms with Gasteiger partial charge in [0.1, 0.15) is 5.75 Å². The van der Waals surface area contributed by atoms with Crippen LogP contribution in [0.5, 0.6) is 5.75 Å². The number of para-hydroxylation sites is 1. The van der Waals surface area contributed by atoms with Gasteiger partial charge in [0.25, 0.3) is 0 Å². The van der Waals surface area contributed by atoms with Crippen LogP contribution in [0, 0.1) is 0 Å². The van der Waals surface area contributed by atoms with Gasteiger partial charge in [-0.15, -0.1) is 0 Å². The van der Waals surface area contributed by atoms with Crippen molar-refractivity contribution in [2.24, 2.45) is 0 Å². The second kappa shape index (κ2) is 5.59. The summed E-state index contributed by atoms with van der Waals surface area (Å²) in [5.41, 5.74) is 2.90. The van der Waals surface area contributed by atoms with E-state index in [9.17, 15) is 9.90 Å². The molecule has 0 bridgehead atoms. The summed E-state index contributed by atoms with van der Waals surface area (Å²) in [6.45, 7) is 0. The number of aromatic nitrogens is 1. The summed E-state index contributed by atoms with van der Waals surface area (Å²) in [4.78, 5) is 15.3. The van der Waals surface area contributed by atoms with E-state index in [0.29, 0.717) is 6.29 Å². The zero-order valence-electron chi connectivity index (χ0n) is 11.2. The number of benzene rings is 2. The molecule has 0 unspecified atom stereocenters. The molecule has 0 spiro atoms. The van der Waals surface area contributed by atoms with Crippen molar-refractivity contribution in [2.45, 2.75) is 0 Å². The number of carbonyl (C=O) groups is 1. The highest BCUT2D eigenvalue weighted by Crippen LogP contribution is 2.18. The van der Waals surface area contributed by atoms with Crippen molar-refractivity contribution in [2.75, 3.05) is 0 Å². The van der Waals surface area contributed by atoms with Gasteiger partial charge in [0.05, 0.1) is 16.8 Å². The van der Waals surface area contributed by atoms with Gasteiger partial charge in [-0.1, -0.05) is 36.4 Å². The molecule has 0 aliphatic heterocycles. The average Bonchev–Trinajstić information content (AvgIpc) is 2.54. The Hall–Kier alpha value is -2.94. The summed E-state index contributed by atoms with van der Waals surface area (Å²) in [5, 5.41) is 10.6. The molecule has 0 aliphatic carbocycles. The Balaban J connectivity index is 1.92. The average molecular weight is 275 g/mol. The molecule has 0 radical (unpaired) electrons. The van der Waals surface area contributed by atoms with Gasteiger partial charge in [-0.2, -0.15) is 0 Å². The fourth-order valence-electron chi connectivity index (χ4n) is 2.13. The number of rotatable bonds is 3. The molecule has 0 atom stereocenters. The van der Waals surface area contributed by atoms with E-state index in [1.54, 1.807) is 12.1 Å². The van der Waals surface area contributed by atoms with E-state index in [-0.39, 0.29) is 11.3 Å². The van der Waals surface area contributed by atoms with Crippen LogP contribution >= 0.6 is 0 Å². The van der Waals surface area contributed by atoms with Gasteiger partial charge in [-0.05, 0) is 35.9 Å². The maximum atomic E-state index is 10.8. The van der Waals surface area contributed by atoms with Crippen LogP contribution in [0.4, 0.5) is 0 Å². The first-order valence-corrected chi connectivity index (χ1v) is 6.58. The zero-order valence-corrected chi connectivity index (χ0v) is 11.2. The second-order valence-corrected chi connectivity index (χ2v) is 4.70. The number of phenolic OH excluding ortho intramolecular Hbond substituents is 1. The first-order chi connectivity index (χ1) is 10.3. The van der Waals surface area contributed by atoms with Crippen LogP contribution in [0.15, 0.2) is 54.6 Å². The van der Waals surface area contributed by atoms with Crippen LogP contribution in [0.25, 0.3) is 23.1 Å². The second-order valence-electron chi connectivity index (χ2n) is 4.70. The third kappa shape index (κ3) is 2.82. The molecular weight excluding hydrogens is 262 g/mol. The Morgan fingerprint density at radius 3 is 2.67 bits per heavy atom. The van der Waals surface area contributed by atoms with Crippen molar-refractivity contribution in [3.05, 3.63) is 71.4 Å². The van der Waals surface area contributed by atoms with Gasteiger partial charge in [-0.25, -0.2) is 4.98 Å². The van der Waals surface area contributed by atoms with Crippen LogP contribution in [0.3, 0.4) is 0 Å². The lowest BCUT2D eigenvalue weighted by atomic mass is 10.1. The highest BCUT2D eigenvalue weighted by molar-refractivity contribution is 5.83. The molecule has 21 heavy (non-hydrogen) atoms. The topological polar surface area (TPSA) is 50.2 Å². The highest BCUT2D eigenvalue weighted by Gasteiger charge is 2.00. The number of fused-ring (bicyclic) bond motifs is 1. The fourth-order valence-corrected chi connectivity index (χ4v) is 2.13. The molecule has 2 aromatic carbocycles. The minimum Gasteiger partial charge on any atom is -0.507 e.